The van der Waals surface area contributed by atoms with E-state index in [1.807, 2.05) is 13.8 Å². The van der Waals surface area contributed by atoms with Gasteiger partial charge in [0, 0.05) is 7.11 Å². The first-order valence-electron chi connectivity index (χ1n) is 6.89. The third-order valence-electron chi connectivity index (χ3n) is 3.62. The molecule has 1 heterocycles. The number of hydrazine groups is 1. The third-order valence-corrected chi connectivity index (χ3v) is 3.62. The van der Waals surface area contributed by atoms with Crippen molar-refractivity contribution in [3.63, 3.8) is 0 Å². The van der Waals surface area contributed by atoms with E-state index < -0.39 is 11.4 Å². The number of carbonyl (C=O) groups excluding carboxylic acids is 1. The monoisotopic (exact) mass is 308 g/mol. The zero-order valence-corrected chi connectivity index (χ0v) is 13.1. The molecular formula is C15H21FN4O2. The van der Waals surface area contributed by atoms with Crippen molar-refractivity contribution in [2.45, 2.75) is 26.3 Å². The zero-order chi connectivity index (χ0) is 16.5. The minimum absolute atomic E-state index is 0.103. The molecule has 0 radical (unpaired) electrons. The molecule has 0 saturated heterocycles. The predicted molar refractivity (Wildman–Crippen MR) is 83.7 cm³/mol. The van der Waals surface area contributed by atoms with Crippen molar-refractivity contribution in [1.29, 1.82) is 0 Å². The minimum atomic E-state index is -0.617. The van der Waals surface area contributed by atoms with Crippen molar-refractivity contribution in [2.24, 2.45) is 5.84 Å². The molecule has 6 nitrogen and oxygen atoms in total. The van der Waals surface area contributed by atoms with Crippen LogP contribution in [-0.4, -0.2) is 25.2 Å². The normalized spacial score (nSPS) is 17.9. The zero-order valence-electron chi connectivity index (χ0n) is 13.1. The number of methoxy groups -OCH3 is 1. The van der Waals surface area contributed by atoms with Crippen LogP contribution in [0.2, 0.25) is 0 Å². The smallest absolute Gasteiger partial charge is 0.265 e. The van der Waals surface area contributed by atoms with E-state index in [9.17, 15) is 9.18 Å². The molecule has 1 aliphatic rings. The van der Waals surface area contributed by atoms with E-state index in [1.165, 1.54) is 19.2 Å². The molecule has 1 aromatic carbocycles. The Morgan fingerprint density at radius 2 is 2.14 bits per heavy atom. The van der Waals surface area contributed by atoms with Gasteiger partial charge in [-0.05, 0) is 38.5 Å². The summed E-state index contributed by atoms with van der Waals surface area (Å²) in [5.74, 6) is 4.51. The quantitative estimate of drug-likeness (QED) is 0.295. The molecule has 0 saturated carbocycles. The average molecular weight is 308 g/mol. The highest BCUT2D eigenvalue weighted by molar-refractivity contribution is 5.96. The number of carbonyl (C=O) groups is 1. The third kappa shape index (κ3) is 2.90. The fourth-order valence-corrected chi connectivity index (χ4v) is 2.62. The molecule has 2 rings (SSSR count). The van der Waals surface area contributed by atoms with Gasteiger partial charge in [-0.25, -0.2) is 10.2 Å². The molecule has 0 spiro atoms. The minimum Gasteiger partial charge on any atom is -0.380 e. The van der Waals surface area contributed by atoms with E-state index in [0.717, 1.165) is 11.3 Å². The molecule has 0 bridgehead atoms. The molecule has 1 aromatic rings. The maximum atomic E-state index is 13.6. The molecule has 7 heteroatoms. The Hall–Kier alpha value is -2.12. The van der Waals surface area contributed by atoms with Gasteiger partial charge in [-0.15, -0.1) is 0 Å². The summed E-state index contributed by atoms with van der Waals surface area (Å²) in [7, 11) is 1.50. The molecule has 0 fully saturated rings. The van der Waals surface area contributed by atoms with Crippen LogP contribution in [-0.2, 0) is 9.53 Å². The molecule has 1 amide bonds. The first kappa shape index (κ1) is 16.3. The van der Waals surface area contributed by atoms with Crippen molar-refractivity contribution in [3.8, 4) is 0 Å². The second kappa shape index (κ2) is 5.94. The van der Waals surface area contributed by atoms with Crippen LogP contribution in [0.5, 0.6) is 0 Å². The summed E-state index contributed by atoms with van der Waals surface area (Å²) in [6.45, 7) is 5.67. The molecule has 0 aliphatic carbocycles. The van der Waals surface area contributed by atoms with E-state index in [1.54, 1.807) is 6.92 Å². The van der Waals surface area contributed by atoms with Crippen molar-refractivity contribution in [3.05, 3.63) is 34.8 Å². The van der Waals surface area contributed by atoms with E-state index in [2.05, 4.69) is 16.1 Å². The fourth-order valence-electron chi connectivity index (χ4n) is 2.62. The van der Waals surface area contributed by atoms with Crippen molar-refractivity contribution in [2.75, 3.05) is 24.4 Å². The predicted octanol–water partition coefficient (Wildman–Crippen LogP) is 1.64. The molecule has 5 N–H and O–H groups in total. The summed E-state index contributed by atoms with van der Waals surface area (Å²) in [4.78, 5) is 12.0. The Bertz CT molecular complexity index is 641. The number of anilines is 2. The number of nitrogens with one attached hydrogen (secondary N) is 3. The van der Waals surface area contributed by atoms with Crippen LogP contribution < -0.4 is 21.9 Å². The highest BCUT2D eigenvalue weighted by Crippen LogP contribution is 2.39. The second-order valence-corrected chi connectivity index (χ2v) is 5.78. The lowest BCUT2D eigenvalue weighted by Crippen LogP contribution is -2.44. The first-order valence-corrected chi connectivity index (χ1v) is 6.89. The number of benzene rings is 1. The molecular weight excluding hydrogens is 287 g/mol. The standard InChI is InChI=1S/C15H21FN4O2/c1-8-5-9(16)6-11-12(8)18-13(15(2,3)19-11)10(7-22-4)14(21)20-17/h5-6,18-19H,7,17H2,1-4H3,(H,20,21). The van der Waals surface area contributed by atoms with Gasteiger partial charge in [-0.1, -0.05) is 0 Å². The number of ether oxygens (including phenoxy) is 1. The molecule has 120 valence electrons. The van der Waals surface area contributed by atoms with Crippen LogP contribution in [0.4, 0.5) is 15.8 Å². The van der Waals surface area contributed by atoms with Crippen LogP contribution in [0, 0.1) is 12.7 Å². The van der Waals surface area contributed by atoms with Gasteiger partial charge in [-0.2, -0.15) is 0 Å². The van der Waals surface area contributed by atoms with Crippen LogP contribution >= 0.6 is 0 Å². The maximum absolute atomic E-state index is 13.6. The largest absolute Gasteiger partial charge is 0.380 e. The van der Waals surface area contributed by atoms with Crippen LogP contribution in [0.1, 0.15) is 19.4 Å². The Morgan fingerprint density at radius 1 is 1.45 bits per heavy atom. The summed E-state index contributed by atoms with van der Waals surface area (Å²) in [6, 6.07) is 2.86. The maximum Gasteiger partial charge on any atom is 0.265 e. The number of aryl methyl sites for hydroxylation is 1. The Balaban J connectivity index is 2.59. The van der Waals surface area contributed by atoms with Gasteiger partial charge in [0.2, 0.25) is 0 Å². The number of fused-ring (bicyclic) bond motifs is 1. The lowest BCUT2D eigenvalue weighted by molar-refractivity contribution is -0.118. The van der Waals surface area contributed by atoms with E-state index in [0.29, 0.717) is 17.0 Å². The van der Waals surface area contributed by atoms with E-state index in [4.69, 9.17) is 10.6 Å². The van der Waals surface area contributed by atoms with Crippen LogP contribution in [0.15, 0.2) is 23.4 Å². The van der Waals surface area contributed by atoms with Gasteiger partial charge in [0.05, 0.1) is 34.8 Å². The van der Waals surface area contributed by atoms with Gasteiger partial charge < -0.3 is 15.4 Å². The molecule has 0 unspecified atom stereocenters. The summed E-state index contributed by atoms with van der Waals surface area (Å²) >= 11 is 0. The second-order valence-electron chi connectivity index (χ2n) is 5.78. The average Bonchev–Trinajstić information content (AvgIpc) is 2.42. The Kier molecular flexibility index (Phi) is 4.39. The Morgan fingerprint density at radius 3 is 2.73 bits per heavy atom. The highest BCUT2D eigenvalue weighted by atomic mass is 19.1. The van der Waals surface area contributed by atoms with Crippen molar-refractivity contribution < 1.29 is 13.9 Å². The Labute approximate surface area is 128 Å². The summed E-state index contributed by atoms with van der Waals surface area (Å²) in [5, 5.41) is 6.49. The topological polar surface area (TPSA) is 88.4 Å². The SMILES string of the molecule is COCC(C(=O)NN)=C1Nc2c(C)cc(F)cc2NC1(C)C. The molecule has 0 atom stereocenters. The lowest BCUT2D eigenvalue weighted by atomic mass is 9.91. The molecule has 0 aromatic heterocycles. The number of nitrogens with two attached hydrogens (primary N) is 1. The summed E-state index contributed by atoms with van der Waals surface area (Å²) in [6.07, 6.45) is 0. The van der Waals surface area contributed by atoms with Gasteiger partial charge in [0.1, 0.15) is 5.82 Å². The first-order chi connectivity index (χ1) is 10.3. The van der Waals surface area contributed by atoms with Gasteiger partial charge >= 0.3 is 0 Å². The lowest BCUT2D eigenvalue weighted by Gasteiger charge is -2.39. The number of hydrogen-bond donors (Lipinski definition) is 4. The molecule has 1 aliphatic heterocycles. The number of halogens is 1. The van der Waals surface area contributed by atoms with E-state index >= 15 is 0 Å². The van der Waals surface area contributed by atoms with Crippen molar-refractivity contribution >= 4 is 17.3 Å². The fraction of sp³-hybridized carbons (Fsp3) is 0.400. The van der Waals surface area contributed by atoms with Gasteiger partial charge in [-0.3, -0.25) is 10.2 Å². The highest BCUT2D eigenvalue weighted by Gasteiger charge is 2.34. The number of hydrogen-bond acceptors (Lipinski definition) is 5. The van der Waals surface area contributed by atoms with Crippen LogP contribution in [0.25, 0.3) is 0 Å². The van der Waals surface area contributed by atoms with E-state index in [-0.39, 0.29) is 12.4 Å². The number of amides is 1. The van der Waals surface area contributed by atoms with Gasteiger partial charge in [0.25, 0.3) is 5.91 Å². The van der Waals surface area contributed by atoms with Crippen molar-refractivity contribution in [1.82, 2.24) is 5.43 Å². The summed E-state index contributed by atoms with van der Waals surface area (Å²) < 4.78 is 18.7. The molecule has 22 heavy (non-hydrogen) atoms. The number of rotatable bonds is 3. The van der Waals surface area contributed by atoms with Crippen LogP contribution in [0.3, 0.4) is 0 Å². The van der Waals surface area contributed by atoms with Gasteiger partial charge in [0.15, 0.2) is 0 Å². The summed E-state index contributed by atoms with van der Waals surface area (Å²) in [5.41, 5.74) is 4.65.